The summed E-state index contributed by atoms with van der Waals surface area (Å²) in [6.07, 6.45) is 1.56. The first-order chi connectivity index (χ1) is 4.57. The van der Waals surface area contributed by atoms with Crippen LogP contribution < -0.4 is 5.73 Å². The molecule has 0 aliphatic rings. The van der Waals surface area contributed by atoms with Gasteiger partial charge in [0.1, 0.15) is 6.04 Å². The molecule has 0 spiro atoms. The van der Waals surface area contributed by atoms with Crippen molar-refractivity contribution >= 4 is 5.97 Å². The summed E-state index contributed by atoms with van der Waals surface area (Å²) in [4.78, 5) is 10.2. The first-order valence-electron chi connectivity index (χ1n) is 3.56. The van der Waals surface area contributed by atoms with Gasteiger partial charge in [0.05, 0.1) is 0 Å². The monoisotopic (exact) mass is 145 g/mol. The summed E-state index contributed by atoms with van der Waals surface area (Å²) in [7, 11) is 0. The molecule has 0 amide bonds. The Morgan fingerprint density at radius 2 is 2.20 bits per heavy atom. The van der Waals surface area contributed by atoms with E-state index in [1.165, 1.54) is 0 Å². The summed E-state index contributed by atoms with van der Waals surface area (Å²) in [6, 6.07) is -0.685. The van der Waals surface area contributed by atoms with Crippen LogP contribution in [0.15, 0.2) is 0 Å². The summed E-state index contributed by atoms with van der Waals surface area (Å²) >= 11 is 0. The fourth-order valence-electron chi connectivity index (χ4n) is 0.701. The van der Waals surface area contributed by atoms with Crippen LogP contribution >= 0.6 is 0 Å². The van der Waals surface area contributed by atoms with Crippen LogP contribution in [-0.4, -0.2) is 17.1 Å². The van der Waals surface area contributed by atoms with Crippen molar-refractivity contribution < 1.29 is 9.90 Å². The van der Waals surface area contributed by atoms with Gasteiger partial charge in [0.2, 0.25) is 0 Å². The number of carbonyl (C=O) groups is 1. The Hall–Kier alpha value is -0.570. The SMILES string of the molecule is CCC(C)C[C@@H](N)C(=O)O. The minimum atomic E-state index is -0.902. The zero-order valence-electron chi connectivity index (χ0n) is 6.50. The van der Waals surface area contributed by atoms with Crippen molar-refractivity contribution in [3.8, 4) is 0 Å². The molecule has 0 aliphatic carbocycles. The maximum Gasteiger partial charge on any atom is 0.320 e. The van der Waals surface area contributed by atoms with Crippen LogP contribution in [0.4, 0.5) is 0 Å². The minimum Gasteiger partial charge on any atom is -0.480 e. The minimum absolute atomic E-state index is 0.408. The van der Waals surface area contributed by atoms with Crippen LogP contribution in [0.3, 0.4) is 0 Å². The molecule has 10 heavy (non-hydrogen) atoms. The lowest BCUT2D eigenvalue weighted by Gasteiger charge is -2.10. The van der Waals surface area contributed by atoms with Crippen LogP contribution in [0.25, 0.3) is 0 Å². The number of rotatable bonds is 4. The van der Waals surface area contributed by atoms with E-state index in [2.05, 4.69) is 0 Å². The molecular formula is C7H15NO2. The molecule has 3 nitrogen and oxygen atoms in total. The third-order valence-electron chi connectivity index (χ3n) is 1.67. The topological polar surface area (TPSA) is 63.3 Å². The maximum absolute atomic E-state index is 10.2. The molecule has 0 rings (SSSR count). The summed E-state index contributed by atoms with van der Waals surface area (Å²) < 4.78 is 0. The summed E-state index contributed by atoms with van der Waals surface area (Å²) in [5.74, 6) is -0.494. The van der Waals surface area contributed by atoms with Gasteiger partial charge in [-0.05, 0) is 12.3 Å². The number of carboxylic acids is 1. The fourth-order valence-corrected chi connectivity index (χ4v) is 0.701. The Kier molecular flexibility index (Phi) is 4.03. The highest BCUT2D eigenvalue weighted by molar-refractivity contribution is 5.72. The average molecular weight is 145 g/mol. The van der Waals surface area contributed by atoms with Crippen molar-refractivity contribution in [2.24, 2.45) is 11.7 Å². The van der Waals surface area contributed by atoms with Crippen molar-refractivity contribution in [2.45, 2.75) is 32.7 Å². The van der Waals surface area contributed by atoms with E-state index >= 15 is 0 Å². The standard InChI is InChI=1S/C7H15NO2/c1-3-5(2)4-6(8)7(9)10/h5-6H,3-4,8H2,1-2H3,(H,9,10)/t5?,6-/m1/s1. The Bertz CT molecular complexity index is 114. The lowest BCUT2D eigenvalue weighted by molar-refractivity contribution is -0.138. The summed E-state index contributed by atoms with van der Waals surface area (Å²) in [5, 5.41) is 8.40. The highest BCUT2D eigenvalue weighted by Gasteiger charge is 2.13. The zero-order chi connectivity index (χ0) is 8.15. The Morgan fingerprint density at radius 3 is 2.50 bits per heavy atom. The van der Waals surface area contributed by atoms with E-state index in [1.807, 2.05) is 13.8 Å². The molecule has 0 fully saturated rings. The van der Waals surface area contributed by atoms with E-state index in [4.69, 9.17) is 10.8 Å². The van der Waals surface area contributed by atoms with E-state index in [1.54, 1.807) is 0 Å². The molecule has 0 aromatic heterocycles. The van der Waals surface area contributed by atoms with Crippen molar-refractivity contribution in [3.05, 3.63) is 0 Å². The van der Waals surface area contributed by atoms with Gasteiger partial charge in [-0.15, -0.1) is 0 Å². The molecule has 0 aromatic carbocycles. The second kappa shape index (κ2) is 4.28. The Labute approximate surface area is 61.2 Å². The zero-order valence-corrected chi connectivity index (χ0v) is 6.50. The number of aliphatic carboxylic acids is 1. The van der Waals surface area contributed by atoms with Gasteiger partial charge >= 0.3 is 5.97 Å². The number of hydrogen-bond acceptors (Lipinski definition) is 2. The molecule has 0 radical (unpaired) electrons. The third kappa shape index (κ3) is 3.45. The van der Waals surface area contributed by atoms with Crippen molar-refractivity contribution in [1.29, 1.82) is 0 Å². The van der Waals surface area contributed by atoms with Gasteiger partial charge in [-0.3, -0.25) is 4.79 Å². The summed E-state index contributed by atoms with van der Waals surface area (Å²) in [6.45, 7) is 4.03. The number of nitrogens with two attached hydrogens (primary N) is 1. The average Bonchev–Trinajstić information content (AvgIpc) is 1.87. The highest BCUT2D eigenvalue weighted by atomic mass is 16.4. The number of hydrogen-bond donors (Lipinski definition) is 2. The molecule has 3 N–H and O–H groups in total. The van der Waals surface area contributed by atoms with Crippen LogP contribution in [0, 0.1) is 5.92 Å². The predicted octanol–water partition coefficient (Wildman–Crippen LogP) is 0.834. The molecule has 0 bridgehead atoms. The van der Waals surface area contributed by atoms with E-state index < -0.39 is 12.0 Å². The van der Waals surface area contributed by atoms with E-state index in [0.29, 0.717) is 12.3 Å². The lowest BCUT2D eigenvalue weighted by atomic mass is 10.0. The van der Waals surface area contributed by atoms with Crippen molar-refractivity contribution in [1.82, 2.24) is 0 Å². The molecule has 0 heterocycles. The maximum atomic E-state index is 10.2. The second-order valence-corrected chi connectivity index (χ2v) is 2.69. The quantitative estimate of drug-likeness (QED) is 0.616. The van der Waals surface area contributed by atoms with Gasteiger partial charge in [-0.2, -0.15) is 0 Å². The van der Waals surface area contributed by atoms with Gasteiger partial charge in [0, 0.05) is 0 Å². The molecule has 0 saturated carbocycles. The van der Waals surface area contributed by atoms with Crippen LogP contribution in [0.2, 0.25) is 0 Å². The molecular weight excluding hydrogens is 130 g/mol. The first-order valence-corrected chi connectivity index (χ1v) is 3.56. The largest absolute Gasteiger partial charge is 0.480 e. The number of carboxylic acid groups (broad SMARTS) is 1. The normalized spacial score (nSPS) is 16.3. The van der Waals surface area contributed by atoms with Crippen molar-refractivity contribution in [3.63, 3.8) is 0 Å². The van der Waals surface area contributed by atoms with E-state index in [0.717, 1.165) is 6.42 Å². The second-order valence-electron chi connectivity index (χ2n) is 2.69. The van der Waals surface area contributed by atoms with E-state index in [9.17, 15) is 4.79 Å². The molecule has 2 atom stereocenters. The Morgan fingerprint density at radius 1 is 1.70 bits per heavy atom. The fraction of sp³-hybridized carbons (Fsp3) is 0.857. The predicted molar refractivity (Wildman–Crippen MR) is 39.7 cm³/mol. The van der Waals surface area contributed by atoms with Gasteiger partial charge in [-0.25, -0.2) is 0 Å². The summed E-state index contributed by atoms with van der Waals surface area (Å²) in [5.41, 5.74) is 5.29. The molecule has 0 aliphatic heterocycles. The lowest BCUT2D eigenvalue weighted by Crippen LogP contribution is -2.31. The van der Waals surface area contributed by atoms with Gasteiger partial charge in [-0.1, -0.05) is 20.3 Å². The smallest absolute Gasteiger partial charge is 0.320 e. The molecule has 60 valence electrons. The van der Waals surface area contributed by atoms with Crippen molar-refractivity contribution in [2.75, 3.05) is 0 Å². The van der Waals surface area contributed by atoms with Gasteiger partial charge < -0.3 is 10.8 Å². The van der Waals surface area contributed by atoms with Gasteiger partial charge in [0.15, 0.2) is 0 Å². The van der Waals surface area contributed by atoms with Crippen LogP contribution in [0.1, 0.15) is 26.7 Å². The first kappa shape index (κ1) is 9.43. The van der Waals surface area contributed by atoms with Crippen LogP contribution in [-0.2, 0) is 4.79 Å². The molecule has 1 unspecified atom stereocenters. The third-order valence-corrected chi connectivity index (χ3v) is 1.67. The Balaban J connectivity index is 3.56. The highest BCUT2D eigenvalue weighted by Crippen LogP contribution is 2.07. The van der Waals surface area contributed by atoms with Gasteiger partial charge in [0.25, 0.3) is 0 Å². The molecule has 0 saturated heterocycles. The molecule has 3 heteroatoms. The van der Waals surface area contributed by atoms with Crippen LogP contribution in [0.5, 0.6) is 0 Å². The van der Waals surface area contributed by atoms with E-state index in [-0.39, 0.29) is 0 Å². The molecule has 0 aromatic rings.